The SMILES string of the molecule is CCCCCCC/C=C\C/C=C\CCCCCCCCCCCCCCCCCCCCCCCCCCCCCCCC(=O)NC(COC1OC(CO)C(OC2OC(CO)C(OC3OC(CO)C(O)C(O)C3O)C(O)C2O)C(O)C1O)C(O)/C=C/CC/C=C/CCCCCCCCCCCCCCC. The summed E-state index contributed by atoms with van der Waals surface area (Å²) in [6.45, 7) is 1.75. The molecule has 0 spiro atoms. The first-order valence-electron chi connectivity index (χ1n) is 43.4. The molecule has 3 fully saturated rings. The zero-order chi connectivity index (χ0) is 76.0. The first kappa shape index (κ1) is 96.9. The van der Waals surface area contributed by atoms with Crippen molar-refractivity contribution in [3.05, 3.63) is 48.6 Å². The van der Waals surface area contributed by atoms with E-state index in [2.05, 4.69) is 55.6 Å². The molecule has 3 saturated heterocycles. The Labute approximate surface area is 637 Å². The molecule has 105 heavy (non-hydrogen) atoms. The number of nitrogens with one attached hydrogen (secondary N) is 1. The summed E-state index contributed by atoms with van der Waals surface area (Å²) in [6.07, 6.45) is 58.5. The number of carbonyl (C=O) groups excluding carboxylic acids is 1. The van der Waals surface area contributed by atoms with Gasteiger partial charge < -0.3 is 89.9 Å². The summed E-state index contributed by atoms with van der Waals surface area (Å²) in [5.74, 6) is -0.278. The highest BCUT2D eigenvalue weighted by Gasteiger charge is 2.54. The summed E-state index contributed by atoms with van der Waals surface area (Å²) in [5, 5.41) is 121. The van der Waals surface area contributed by atoms with E-state index in [1.54, 1.807) is 6.08 Å². The van der Waals surface area contributed by atoms with Gasteiger partial charge >= 0.3 is 0 Å². The van der Waals surface area contributed by atoms with Crippen LogP contribution in [0.2, 0.25) is 0 Å². The van der Waals surface area contributed by atoms with Gasteiger partial charge in [0.05, 0.1) is 38.6 Å². The molecule has 0 aliphatic carbocycles. The largest absolute Gasteiger partial charge is 0.394 e. The molecule has 0 aromatic heterocycles. The number of hydrogen-bond donors (Lipinski definition) is 12. The van der Waals surface area contributed by atoms with Gasteiger partial charge in [0.25, 0.3) is 0 Å². The molecule has 3 heterocycles. The van der Waals surface area contributed by atoms with Crippen LogP contribution < -0.4 is 5.32 Å². The lowest BCUT2D eigenvalue weighted by Crippen LogP contribution is -2.66. The summed E-state index contributed by atoms with van der Waals surface area (Å²) < 4.78 is 34.4. The Morgan fingerprint density at radius 3 is 1.01 bits per heavy atom. The highest BCUT2D eigenvalue weighted by molar-refractivity contribution is 5.76. The Hall–Kier alpha value is -2.25. The molecule has 0 aromatic carbocycles. The molecule has 19 heteroatoms. The monoisotopic (exact) mass is 1490 g/mol. The number of carbonyl (C=O) groups is 1. The van der Waals surface area contributed by atoms with Crippen molar-refractivity contribution in [2.24, 2.45) is 0 Å². The fraction of sp³-hybridized carbons (Fsp3) is 0.895. The molecule has 0 bridgehead atoms. The van der Waals surface area contributed by atoms with Crippen LogP contribution in [-0.2, 0) is 33.2 Å². The van der Waals surface area contributed by atoms with Gasteiger partial charge in [0.2, 0.25) is 5.91 Å². The fourth-order valence-electron chi connectivity index (χ4n) is 14.7. The first-order chi connectivity index (χ1) is 51.3. The predicted molar refractivity (Wildman–Crippen MR) is 420 cm³/mol. The van der Waals surface area contributed by atoms with Crippen molar-refractivity contribution < 1.29 is 89.4 Å². The Bertz CT molecular complexity index is 2080. The Morgan fingerprint density at radius 1 is 0.343 bits per heavy atom. The van der Waals surface area contributed by atoms with Crippen LogP contribution in [0.15, 0.2) is 48.6 Å². The summed E-state index contributed by atoms with van der Waals surface area (Å²) in [4.78, 5) is 13.5. The van der Waals surface area contributed by atoms with Crippen molar-refractivity contribution in [1.82, 2.24) is 5.32 Å². The van der Waals surface area contributed by atoms with Gasteiger partial charge in [-0.25, -0.2) is 0 Å². The molecule has 1 amide bonds. The van der Waals surface area contributed by atoms with Gasteiger partial charge in [0, 0.05) is 6.42 Å². The Balaban J connectivity index is 1.29. The van der Waals surface area contributed by atoms with E-state index >= 15 is 0 Å². The molecule has 0 radical (unpaired) electrons. The zero-order valence-electron chi connectivity index (χ0n) is 66.2. The fourth-order valence-corrected chi connectivity index (χ4v) is 14.7. The van der Waals surface area contributed by atoms with Crippen LogP contribution >= 0.6 is 0 Å². The van der Waals surface area contributed by atoms with Gasteiger partial charge in [0.1, 0.15) is 73.2 Å². The number of hydrogen-bond acceptors (Lipinski definition) is 18. The van der Waals surface area contributed by atoms with E-state index in [-0.39, 0.29) is 18.9 Å². The second-order valence-electron chi connectivity index (χ2n) is 31.0. The molecule has 19 nitrogen and oxygen atoms in total. The molecule has 616 valence electrons. The van der Waals surface area contributed by atoms with Gasteiger partial charge in [-0.2, -0.15) is 0 Å². The summed E-state index contributed by atoms with van der Waals surface area (Å²) in [6, 6.07) is -0.990. The van der Waals surface area contributed by atoms with Crippen molar-refractivity contribution in [2.75, 3.05) is 26.4 Å². The van der Waals surface area contributed by atoms with Crippen molar-refractivity contribution in [1.29, 1.82) is 0 Å². The van der Waals surface area contributed by atoms with Gasteiger partial charge in [-0.05, 0) is 64.2 Å². The molecule has 0 aromatic rings. The number of aliphatic hydroxyl groups excluding tert-OH is 11. The minimum atomic E-state index is -1.98. The van der Waals surface area contributed by atoms with E-state index in [0.29, 0.717) is 12.8 Å². The van der Waals surface area contributed by atoms with Crippen LogP contribution in [0.25, 0.3) is 0 Å². The van der Waals surface area contributed by atoms with Crippen molar-refractivity contribution in [3.63, 3.8) is 0 Å². The van der Waals surface area contributed by atoms with E-state index in [1.807, 2.05) is 6.08 Å². The summed E-state index contributed by atoms with van der Waals surface area (Å²) in [5.41, 5.74) is 0. The van der Waals surface area contributed by atoms with E-state index in [1.165, 1.54) is 283 Å². The number of unbranched alkanes of at least 4 members (excludes halogenated alkanes) is 48. The topological polar surface area (TPSA) is 307 Å². The summed E-state index contributed by atoms with van der Waals surface area (Å²) in [7, 11) is 0. The maximum atomic E-state index is 13.5. The lowest BCUT2D eigenvalue weighted by Gasteiger charge is -2.48. The second-order valence-corrected chi connectivity index (χ2v) is 31.0. The van der Waals surface area contributed by atoms with Crippen molar-refractivity contribution >= 4 is 5.91 Å². The second kappa shape index (κ2) is 66.4. The molecule has 12 N–H and O–H groups in total. The quantitative estimate of drug-likeness (QED) is 0.0199. The average Bonchev–Trinajstić information content (AvgIpc) is 0.781. The first-order valence-corrected chi connectivity index (χ1v) is 43.4. The number of allylic oxidation sites excluding steroid dienone is 7. The normalized spacial score (nSPS) is 26.0. The van der Waals surface area contributed by atoms with Crippen LogP contribution in [0.5, 0.6) is 0 Å². The molecule has 3 aliphatic heterocycles. The van der Waals surface area contributed by atoms with Crippen molar-refractivity contribution in [3.8, 4) is 0 Å². The lowest BCUT2D eigenvalue weighted by atomic mass is 9.96. The molecule has 17 atom stereocenters. The number of ether oxygens (including phenoxy) is 6. The third kappa shape index (κ3) is 45.8. The van der Waals surface area contributed by atoms with E-state index in [0.717, 1.165) is 44.9 Å². The molecular weight excluding hydrogens is 1330 g/mol. The Kier molecular flexibility index (Phi) is 61.3. The van der Waals surface area contributed by atoms with Crippen LogP contribution in [0.1, 0.15) is 361 Å². The smallest absolute Gasteiger partial charge is 0.220 e. The molecule has 17 unspecified atom stereocenters. The van der Waals surface area contributed by atoms with Crippen molar-refractivity contribution in [2.45, 2.75) is 465 Å². The Morgan fingerprint density at radius 2 is 0.638 bits per heavy atom. The zero-order valence-corrected chi connectivity index (χ0v) is 66.2. The van der Waals surface area contributed by atoms with Crippen LogP contribution in [0, 0.1) is 0 Å². The molecular formula is C86H159NO18. The van der Waals surface area contributed by atoms with Gasteiger partial charge in [-0.15, -0.1) is 0 Å². The minimum absolute atomic E-state index is 0.239. The highest BCUT2D eigenvalue weighted by Crippen LogP contribution is 2.33. The summed E-state index contributed by atoms with van der Waals surface area (Å²) >= 11 is 0. The van der Waals surface area contributed by atoms with Gasteiger partial charge in [0.15, 0.2) is 18.9 Å². The molecule has 3 aliphatic rings. The maximum absolute atomic E-state index is 13.5. The van der Waals surface area contributed by atoms with E-state index < -0.39 is 124 Å². The number of amides is 1. The maximum Gasteiger partial charge on any atom is 0.220 e. The third-order valence-corrected chi connectivity index (χ3v) is 21.6. The third-order valence-electron chi connectivity index (χ3n) is 21.6. The molecule has 0 saturated carbocycles. The van der Waals surface area contributed by atoms with Crippen LogP contribution in [0.3, 0.4) is 0 Å². The number of rotatable bonds is 70. The molecule has 3 rings (SSSR count). The van der Waals surface area contributed by atoms with E-state index in [9.17, 15) is 61.0 Å². The predicted octanol–water partition coefficient (Wildman–Crippen LogP) is 15.6. The average molecular weight is 1500 g/mol. The van der Waals surface area contributed by atoms with Gasteiger partial charge in [-0.3, -0.25) is 4.79 Å². The highest BCUT2D eigenvalue weighted by atomic mass is 16.8. The lowest BCUT2D eigenvalue weighted by molar-refractivity contribution is -0.379. The van der Waals surface area contributed by atoms with Crippen LogP contribution in [0.4, 0.5) is 0 Å². The minimum Gasteiger partial charge on any atom is -0.394 e. The van der Waals surface area contributed by atoms with Gasteiger partial charge in [-0.1, -0.05) is 339 Å². The number of aliphatic hydroxyl groups is 11. The standard InChI is InChI=1S/C86H159NO18/c1-3-5-7-9-11-13-15-17-19-21-23-24-25-26-27-28-29-30-31-32-33-34-35-36-37-38-39-40-41-42-43-44-46-48-50-52-54-56-58-60-62-64-74(92)87-69(70(91)63-61-59-57-55-53-51-49-47-45-22-20-18-16-14-12-10-8-6-4-2)68-100-84-80(98)77(95)82(72(66-89)102-84)105-86-81(99)78(96)83(73(67-90)103-86)104-85-79(97)76(94)75(93)71(65-88)101-85/h15,17,21,23,53,55,61,63,69-73,75-86,88-91,93-99H,3-14,16,18-20,22,24-52,54,56-60,62,64-68H2,1-2H3,(H,87,92)/b17-15-,23-21-,55-53+,63-61+. The van der Waals surface area contributed by atoms with E-state index in [4.69, 9.17) is 28.4 Å². The van der Waals surface area contributed by atoms with Crippen LogP contribution in [-0.4, -0.2) is 193 Å².